The number of ether oxygens (including phenoxy) is 1. The van der Waals surface area contributed by atoms with Crippen LogP contribution in [0.2, 0.25) is 0 Å². The lowest BCUT2D eigenvalue weighted by Crippen LogP contribution is -2.25. The van der Waals surface area contributed by atoms with Crippen LogP contribution in [0.15, 0.2) is 12.1 Å². The van der Waals surface area contributed by atoms with Crippen LogP contribution in [0, 0.1) is 31.6 Å². The molecule has 1 aromatic rings. The highest BCUT2D eigenvalue weighted by atomic mass is 16.5. The van der Waals surface area contributed by atoms with Gasteiger partial charge in [0.05, 0.1) is 6.61 Å². The molecule has 1 aromatic carbocycles. The summed E-state index contributed by atoms with van der Waals surface area (Å²) in [6.07, 6.45) is 14.6. The van der Waals surface area contributed by atoms with Crippen LogP contribution in [0.4, 0.5) is 0 Å². The number of hydrogen-bond acceptors (Lipinski definition) is 1. The standard InChI is InChI=1S/C25H40O/c1-5-7-20-8-10-21(11-9-20)22-12-14-23(15-13-22)24-16-17-25(26-6-2)19(4)18(24)3/h16-17,20-23H,5-15H2,1-4H3. The second-order valence-corrected chi connectivity index (χ2v) is 9.02. The van der Waals surface area contributed by atoms with Gasteiger partial charge in [0.15, 0.2) is 0 Å². The molecule has 0 radical (unpaired) electrons. The van der Waals surface area contributed by atoms with Crippen molar-refractivity contribution in [3.63, 3.8) is 0 Å². The molecule has 0 heterocycles. The SMILES string of the molecule is CCCC1CCC(C2CCC(c3ccc(OCC)c(C)c3C)CC2)CC1. The van der Waals surface area contributed by atoms with Crippen molar-refractivity contribution >= 4 is 0 Å². The summed E-state index contributed by atoms with van der Waals surface area (Å²) in [4.78, 5) is 0. The van der Waals surface area contributed by atoms with Crippen LogP contribution < -0.4 is 4.74 Å². The first-order valence-electron chi connectivity index (χ1n) is 11.4. The summed E-state index contributed by atoms with van der Waals surface area (Å²) in [5, 5.41) is 0. The van der Waals surface area contributed by atoms with Crippen molar-refractivity contribution in [1.82, 2.24) is 0 Å². The van der Waals surface area contributed by atoms with E-state index in [0.29, 0.717) is 0 Å². The minimum absolute atomic E-state index is 0.755. The average molecular weight is 357 g/mol. The minimum atomic E-state index is 0.755. The molecule has 0 saturated heterocycles. The van der Waals surface area contributed by atoms with Crippen LogP contribution >= 0.6 is 0 Å². The predicted molar refractivity (Wildman–Crippen MR) is 112 cm³/mol. The Morgan fingerprint density at radius 2 is 1.42 bits per heavy atom. The highest BCUT2D eigenvalue weighted by Gasteiger charge is 2.31. The van der Waals surface area contributed by atoms with Gasteiger partial charge in [-0.25, -0.2) is 0 Å². The lowest BCUT2D eigenvalue weighted by molar-refractivity contribution is 0.156. The van der Waals surface area contributed by atoms with Crippen LogP contribution in [0.25, 0.3) is 0 Å². The van der Waals surface area contributed by atoms with Crippen molar-refractivity contribution in [2.24, 2.45) is 17.8 Å². The molecule has 2 aliphatic carbocycles. The van der Waals surface area contributed by atoms with Crippen LogP contribution in [0.3, 0.4) is 0 Å². The smallest absolute Gasteiger partial charge is 0.122 e. The van der Waals surface area contributed by atoms with Crippen LogP contribution in [0.1, 0.15) is 101 Å². The number of rotatable bonds is 6. The third-order valence-electron chi connectivity index (χ3n) is 7.55. The molecule has 0 spiro atoms. The Hall–Kier alpha value is -0.980. The van der Waals surface area contributed by atoms with Gasteiger partial charge in [0.2, 0.25) is 0 Å². The summed E-state index contributed by atoms with van der Waals surface area (Å²) in [7, 11) is 0. The molecule has 0 atom stereocenters. The van der Waals surface area contributed by atoms with Gasteiger partial charge in [-0.2, -0.15) is 0 Å². The van der Waals surface area contributed by atoms with E-state index in [2.05, 4.69) is 39.8 Å². The highest BCUT2D eigenvalue weighted by Crippen LogP contribution is 2.45. The quantitative estimate of drug-likeness (QED) is 0.510. The van der Waals surface area contributed by atoms with Crippen molar-refractivity contribution in [3.05, 3.63) is 28.8 Å². The zero-order chi connectivity index (χ0) is 18.5. The van der Waals surface area contributed by atoms with Crippen molar-refractivity contribution in [2.45, 2.75) is 97.8 Å². The van der Waals surface area contributed by atoms with Gasteiger partial charge < -0.3 is 4.74 Å². The maximum absolute atomic E-state index is 5.78. The molecule has 1 heteroatoms. The average Bonchev–Trinajstić information content (AvgIpc) is 2.67. The molecule has 26 heavy (non-hydrogen) atoms. The zero-order valence-corrected chi connectivity index (χ0v) is 17.7. The summed E-state index contributed by atoms with van der Waals surface area (Å²) in [5.41, 5.74) is 4.41. The first-order valence-corrected chi connectivity index (χ1v) is 11.4. The molecule has 0 bridgehead atoms. The summed E-state index contributed by atoms with van der Waals surface area (Å²) in [6, 6.07) is 4.57. The van der Waals surface area contributed by atoms with E-state index in [0.717, 1.165) is 36.0 Å². The highest BCUT2D eigenvalue weighted by molar-refractivity contribution is 5.45. The molecule has 2 aliphatic rings. The van der Waals surface area contributed by atoms with E-state index < -0.39 is 0 Å². The van der Waals surface area contributed by atoms with Gasteiger partial charge >= 0.3 is 0 Å². The Balaban J connectivity index is 1.55. The molecule has 3 rings (SSSR count). The van der Waals surface area contributed by atoms with Gasteiger partial charge in [-0.1, -0.05) is 38.7 Å². The fourth-order valence-corrected chi connectivity index (χ4v) is 5.83. The monoisotopic (exact) mass is 356 g/mol. The normalized spacial score (nSPS) is 29.5. The van der Waals surface area contributed by atoms with Crippen molar-refractivity contribution in [1.29, 1.82) is 0 Å². The van der Waals surface area contributed by atoms with Gasteiger partial charge in [-0.05, 0) is 106 Å². The van der Waals surface area contributed by atoms with E-state index in [9.17, 15) is 0 Å². The Morgan fingerprint density at radius 3 is 2.00 bits per heavy atom. The summed E-state index contributed by atoms with van der Waals surface area (Å²) in [5.74, 6) is 4.94. The molecular weight excluding hydrogens is 316 g/mol. The summed E-state index contributed by atoms with van der Waals surface area (Å²) >= 11 is 0. The lowest BCUT2D eigenvalue weighted by Gasteiger charge is -2.38. The third-order valence-corrected chi connectivity index (χ3v) is 7.55. The fourth-order valence-electron chi connectivity index (χ4n) is 5.83. The van der Waals surface area contributed by atoms with Gasteiger partial charge in [0.1, 0.15) is 5.75 Å². The fraction of sp³-hybridized carbons (Fsp3) is 0.760. The molecule has 0 aliphatic heterocycles. The first-order chi connectivity index (χ1) is 12.6. The molecule has 0 unspecified atom stereocenters. The molecule has 0 amide bonds. The molecular formula is C25H40O. The zero-order valence-electron chi connectivity index (χ0n) is 17.7. The van der Waals surface area contributed by atoms with Gasteiger partial charge in [-0.15, -0.1) is 0 Å². The predicted octanol–water partition coefficient (Wildman–Crippen LogP) is 7.58. The molecule has 1 nitrogen and oxygen atoms in total. The van der Waals surface area contributed by atoms with Crippen LogP contribution in [-0.2, 0) is 0 Å². The van der Waals surface area contributed by atoms with E-state index in [4.69, 9.17) is 4.74 Å². The van der Waals surface area contributed by atoms with E-state index in [1.807, 2.05) is 0 Å². The first kappa shape index (κ1) is 19.8. The number of hydrogen-bond donors (Lipinski definition) is 0. The third kappa shape index (κ3) is 4.46. The van der Waals surface area contributed by atoms with Crippen LogP contribution in [-0.4, -0.2) is 6.61 Å². The Kier molecular flexibility index (Phi) is 7.06. The summed E-state index contributed by atoms with van der Waals surface area (Å²) < 4.78 is 5.78. The molecule has 146 valence electrons. The second kappa shape index (κ2) is 9.29. The minimum Gasteiger partial charge on any atom is -0.494 e. The van der Waals surface area contributed by atoms with Gasteiger partial charge in [0, 0.05) is 0 Å². The summed E-state index contributed by atoms with van der Waals surface area (Å²) in [6.45, 7) is 9.70. The van der Waals surface area contributed by atoms with Crippen molar-refractivity contribution in [2.75, 3.05) is 6.61 Å². The topological polar surface area (TPSA) is 9.23 Å². The Bertz CT molecular complexity index is 560. The van der Waals surface area contributed by atoms with Crippen LogP contribution in [0.5, 0.6) is 5.75 Å². The molecule has 2 fully saturated rings. The maximum Gasteiger partial charge on any atom is 0.122 e. The van der Waals surface area contributed by atoms with Crippen molar-refractivity contribution in [3.8, 4) is 5.75 Å². The molecule has 0 aromatic heterocycles. The number of benzene rings is 1. The molecule has 0 N–H and O–H groups in total. The largest absolute Gasteiger partial charge is 0.494 e. The van der Waals surface area contributed by atoms with E-state index in [-0.39, 0.29) is 0 Å². The van der Waals surface area contributed by atoms with E-state index in [1.54, 1.807) is 5.56 Å². The van der Waals surface area contributed by atoms with E-state index >= 15 is 0 Å². The molecule has 2 saturated carbocycles. The Morgan fingerprint density at radius 1 is 0.808 bits per heavy atom. The lowest BCUT2D eigenvalue weighted by atomic mass is 9.67. The maximum atomic E-state index is 5.78. The van der Waals surface area contributed by atoms with Crippen molar-refractivity contribution < 1.29 is 4.74 Å². The Labute approximate surface area is 161 Å². The second-order valence-electron chi connectivity index (χ2n) is 9.02. The van der Waals surface area contributed by atoms with Gasteiger partial charge in [-0.3, -0.25) is 0 Å². The van der Waals surface area contributed by atoms with Gasteiger partial charge in [0.25, 0.3) is 0 Å². The van der Waals surface area contributed by atoms with E-state index in [1.165, 1.54) is 75.3 Å².